The van der Waals surface area contributed by atoms with Crippen LogP contribution < -0.4 is 5.32 Å². The Bertz CT molecular complexity index is 823. The SMILES string of the molecule is Fc1cccc(Cc2noc(-c3ncn(C4CCCNC4)n3)n2)c1. The highest BCUT2D eigenvalue weighted by molar-refractivity contribution is 5.38. The summed E-state index contributed by atoms with van der Waals surface area (Å²) in [4.78, 5) is 8.57. The van der Waals surface area contributed by atoms with Gasteiger partial charge in [-0.05, 0) is 37.1 Å². The quantitative estimate of drug-likeness (QED) is 0.789. The topological polar surface area (TPSA) is 81.7 Å². The summed E-state index contributed by atoms with van der Waals surface area (Å²) in [5.74, 6) is 0.895. The zero-order valence-electron chi connectivity index (χ0n) is 13.0. The van der Waals surface area contributed by atoms with Gasteiger partial charge in [-0.3, -0.25) is 0 Å². The van der Waals surface area contributed by atoms with Crippen LogP contribution in [-0.4, -0.2) is 38.0 Å². The molecule has 1 atom stereocenters. The molecule has 1 fully saturated rings. The third-order valence-corrected chi connectivity index (χ3v) is 4.06. The normalized spacial score (nSPS) is 18.0. The van der Waals surface area contributed by atoms with E-state index in [1.807, 2.05) is 10.7 Å². The van der Waals surface area contributed by atoms with Gasteiger partial charge < -0.3 is 9.84 Å². The van der Waals surface area contributed by atoms with E-state index in [0.717, 1.165) is 31.5 Å². The van der Waals surface area contributed by atoms with E-state index in [9.17, 15) is 4.39 Å². The van der Waals surface area contributed by atoms with Crippen LogP contribution in [0.2, 0.25) is 0 Å². The van der Waals surface area contributed by atoms with Gasteiger partial charge in [0.05, 0.1) is 6.04 Å². The van der Waals surface area contributed by atoms with Gasteiger partial charge in [-0.2, -0.15) is 4.98 Å². The van der Waals surface area contributed by atoms with Crippen LogP contribution in [0.15, 0.2) is 35.1 Å². The Labute approximate surface area is 137 Å². The molecule has 0 aliphatic carbocycles. The summed E-state index contributed by atoms with van der Waals surface area (Å²) in [6.07, 6.45) is 4.29. The summed E-state index contributed by atoms with van der Waals surface area (Å²) in [5.41, 5.74) is 0.786. The molecule has 24 heavy (non-hydrogen) atoms. The number of rotatable bonds is 4. The van der Waals surface area contributed by atoms with Crippen molar-refractivity contribution >= 4 is 0 Å². The molecule has 3 heterocycles. The van der Waals surface area contributed by atoms with E-state index >= 15 is 0 Å². The van der Waals surface area contributed by atoms with Crippen LogP contribution in [0.25, 0.3) is 11.7 Å². The first kappa shape index (κ1) is 14.9. The molecule has 0 radical (unpaired) electrons. The fourth-order valence-electron chi connectivity index (χ4n) is 2.85. The molecule has 0 spiro atoms. The second-order valence-electron chi connectivity index (χ2n) is 5.87. The lowest BCUT2D eigenvalue weighted by molar-refractivity contribution is 0.345. The van der Waals surface area contributed by atoms with Gasteiger partial charge in [0.2, 0.25) is 5.82 Å². The van der Waals surface area contributed by atoms with Crippen LogP contribution in [0.5, 0.6) is 0 Å². The Hall–Kier alpha value is -2.61. The van der Waals surface area contributed by atoms with Crippen molar-refractivity contribution in [2.45, 2.75) is 25.3 Å². The number of hydrogen-bond donors (Lipinski definition) is 1. The smallest absolute Gasteiger partial charge is 0.297 e. The number of benzene rings is 1. The summed E-state index contributed by atoms with van der Waals surface area (Å²) in [6, 6.07) is 6.64. The van der Waals surface area contributed by atoms with Crippen molar-refractivity contribution in [3.05, 3.63) is 47.8 Å². The van der Waals surface area contributed by atoms with Crippen molar-refractivity contribution in [2.75, 3.05) is 13.1 Å². The van der Waals surface area contributed by atoms with Gasteiger partial charge in [0, 0.05) is 13.0 Å². The molecule has 1 N–H and O–H groups in total. The molecule has 0 bridgehead atoms. The van der Waals surface area contributed by atoms with Gasteiger partial charge in [-0.1, -0.05) is 17.3 Å². The Morgan fingerprint density at radius 1 is 1.38 bits per heavy atom. The maximum absolute atomic E-state index is 13.2. The van der Waals surface area contributed by atoms with Gasteiger partial charge >= 0.3 is 0 Å². The predicted molar refractivity (Wildman–Crippen MR) is 83.7 cm³/mol. The first-order valence-electron chi connectivity index (χ1n) is 7.97. The number of hydrogen-bond acceptors (Lipinski definition) is 6. The average Bonchev–Trinajstić information content (AvgIpc) is 3.25. The first-order chi connectivity index (χ1) is 11.8. The minimum Gasteiger partial charge on any atom is -0.330 e. The maximum Gasteiger partial charge on any atom is 0.297 e. The van der Waals surface area contributed by atoms with Crippen LogP contribution in [-0.2, 0) is 6.42 Å². The molecule has 1 aliphatic heterocycles. The zero-order chi connectivity index (χ0) is 16.4. The third kappa shape index (κ3) is 3.18. The number of nitrogens with zero attached hydrogens (tertiary/aromatic N) is 5. The molecule has 1 aliphatic rings. The lowest BCUT2D eigenvalue weighted by Gasteiger charge is -2.22. The number of halogens is 1. The number of nitrogens with one attached hydrogen (secondary N) is 1. The molecule has 0 saturated carbocycles. The molecule has 2 aromatic heterocycles. The van der Waals surface area contributed by atoms with Crippen molar-refractivity contribution < 1.29 is 8.91 Å². The molecule has 1 unspecified atom stereocenters. The summed E-state index contributed by atoms with van der Waals surface area (Å²) < 4.78 is 20.3. The minimum atomic E-state index is -0.280. The standard InChI is InChI=1S/C16H17FN6O/c17-12-4-1-3-11(7-12)8-14-20-16(24-22-14)15-19-10-23(21-15)13-5-2-6-18-9-13/h1,3-4,7,10,13,18H,2,5-6,8-9H2. The fraction of sp³-hybridized carbons (Fsp3) is 0.375. The lowest BCUT2D eigenvalue weighted by Crippen LogP contribution is -2.31. The van der Waals surface area contributed by atoms with Crippen LogP contribution in [0.4, 0.5) is 4.39 Å². The molecule has 8 heteroatoms. The predicted octanol–water partition coefficient (Wildman–Crippen LogP) is 1.98. The highest BCUT2D eigenvalue weighted by Crippen LogP contribution is 2.18. The Morgan fingerprint density at radius 2 is 2.33 bits per heavy atom. The maximum atomic E-state index is 13.2. The van der Waals surface area contributed by atoms with Crippen LogP contribution in [0.1, 0.15) is 30.3 Å². The van der Waals surface area contributed by atoms with Crippen molar-refractivity contribution in [1.29, 1.82) is 0 Å². The van der Waals surface area contributed by atoms with Gasteiger partial charge in [-0.25, -0.2) is 14.1 Å². The minimum absolute atomic E-state index is 0.280. The van der Waals surface area contributed by atoms with E-state index in [1.54, 1.807) is 12.4 Å². The molecule has 3 aromatic rings. The summed E-state index contributed by atoms with van der Waals surface area (Å²) in [6.45, 7) is 1.93. The van der Waals surface area contributed by atoms with Gasteiger partial charge in [0.15, 0.2) is 5.82 Å². The van der Waals surface area contributed by atoms with E-state index < -0.39 is 0 Å². The molecule has 124 valence electrons. The first-order valence-corrected chi connectivity index (χ1v) is 7.97. The van der Waals surface area contributed by atoms with Crippen molar-refractivity contribution in [3.63, 3.8) is 0 Å². The van der Waals surface area contributed by atoms with Gasteiger partial charge in [0.25, 0.3) is 5.89 Å². The molecule has 1 saturated heterocycles. The highest BCUT2D eigenvalue weighted by atomic mass is 19.1. The van der Waals surface area contributed by atoms with E-state index in [-0.39, 0.29) is 11.7 Å². The third-order valence-electron chi connectivity index (χ3n) is 4.06. The Balaban J connectivity index is 1.49. The molecule has 0 amide bonds. The van der Waals surface area contributed by atoms with Crippen molar-refractivity contribution in [2.24, 2.45) is 0 Å². The van der Waals surface area contributed by atoms with Gasteiger partial charge in [0.1, 0.15) is 12.1 Å². The largest absolute Gasteiger partial charge is 0.330 e. The fourth-order valence-corrected chi connectivity index (χ4v) is 2.85. The lowest BCUT2D eigenvalue weighted by atomic mass is 10.1. The second-order valence-corrected chi connectivity index (χ2v) is 5.87. The van der Waals surface area contributed by atoms with Crippen molar-refractivity contribution in [3.8, 4) is 11.7 Å². The molecule has 4 rings (SSSR count). The van der Waals surface area contributed by atoms with E-state index in [1.165, 1.54) is 12.1 Å². The van der Waals surface area contributed by atoms with Crippen LogP contribution >= 0.6 is 0 Å². The van der Waals surface area contributed by atoms with Crippen LogP contribution in [0, 0.1) is 5.82 Å². The summed E-state index contributed by atoms with van der Waals surface area (Å²) >= 11 is 0. The van der Waals surface area contributed by atoms with E-state index in [0.29, 0.717) is 24.1 Å². The summed E-state index contributed by atoms with van der Waals surface area (Å²) in [5, 5.41) is 11.7. The zero-order valence-corrected chi connectivity index (χ0v) is 13.0. The van der Waals surface area contributed by atoms with E-state index in [4.69, 9.17) is 4.52 Å². The average molecular weight is 328 g/mol. The van der Waals surface area contributed by atoms with Crippen LogP contribution in [0.3, 0.4) is 0 Å². The Kier molecular flexibility index (Phi) is 4.04. The number of piperidine rings is 1. The molecular weight excluding hydrogens is 311 g/mol. The van der Waals surface area contributed by atoms with E-state index in [2.05, 4.69) is 25.5 Å². The molecular formula is C16H17FN6O. The number of aromatic nitrogens is 5. The van der Waals surface area contributed by atoms with Crippen molar-refractivity contribution in [1.82, 2.24) is 30.2 Å². The highest BCUT2D eigenvalue weighted by Gasteiger charge is 2.19. The summed E-state index contributed by atoms with van der Waals surface area (Å²) in [7, 11) is 0. The monoisotopic (exact) mass is 328 g/mol. The molecule has 1 aromatic carbocycles. The Morgan fingerprint density at radius 3 is 3.17 bits per heavy atom. The molecule has 7 nitrogen and oxygen atoms in total. The van der Waals surface area contributed by atoms with Gasteiger partial charge in [-0.15, -0.1) is 5.10 Å². The second kappa shape index (κ2) is 6.48.